The normalized spacial score (nSPS) is 10.9. The van der Waals surface area contributed by atoms with Crippen LogP contribution >= 0.6 is 0 Å². The fraction of sp³-hybridized carbons (Fsp3) is 0.130. The first kappa shape index (κ1) is 24.4. The summed E-state index contributed by atoms with van der Waals surface area (Å²) in [7, 11) is -0.713. The van der Waals surface area contributed by atoms with E-state index < -0.39 is 20.7 Å². The number of amides is 2. The van der Waals surface area contributed by atoms with Crippen LogP contribution in [0, 0.1) is 10.1 Å². The second kappa shape index (κ2) is 10.1. The summed E-state index contributed by atoms with van der Waals surface area (Å²) in [6, 6.07) is 16.5. The van der Waals surface area contributed by atoms with Crippen LogP contribution in [0.4, 0.5) is 11.4 Å². The number of carbonyl (C=O) groups is 2. The lowest BCUT2D eigenvalue weighted by Crippen LogP contribution is -2.28. The Hall–Kier alpha value is -4.25. The fourth-order valence-corrected chi connectivity index (χ4v) is 4.11. The summed E-state index contributed by atoms with van der Waals surface area (Å²) in [4.78, 5) is 35.9. The zero-order chi connectivity index (χ0) is 24.9. The van der Waals surface area contributed by atoms with Crippen LogP contribution in [0.5, 0.6) is 5.75 Å². The van der Waals surface area contributed by atoms with Crippen LogP contribution in [0.25, 0.3) is 0 Å². The molecule has 11 heteroatoms. The highest BCUT2D eigenvalue weighted by Crippen LogP contribution is 2.25. The number of ether oxygens (including phenoxy) is 1. The van der Waals surface area contributed by atoms with Crippen LogP contribution in [-0.4, -0.2) is 50.8 Å². The number of sulfone groups is 1. The van der Waals surface area contributed by atoms with Crippen molar-refractivity contribution < 1.29 is 27.7 Å². The Bertz CT molecular complexity index is 1320. The Morgan fingerprint density at radius 1 is 0.941 bits per heavy atom. The molecular weight excluding hydrogens is 462 g/mol. The Balaban J connectivity index is 1.74. The Labute approximate surface area is 195 Å². The molecule has 0 unspecified atom stereocenters. The highest BCUT2D eigenvalue weighted by molar-refractivity contribution is 7.91. The topological polar surface area (TPSA) is 136 Å². The third-order valence-corrected chi connectivity index (χ3v) is 6.55. The van der Waals surface area contributed by atoms with E-state index in [4.69, 9.17) is 4.74 Å². The van der Waals surface area contributed by atoms with Gasteiger partial charge >= 0.3 is 0 Å². The van der Waals surface area contributed by atoms with Crippen LogP contribution in [0.3, 0.4) is 0 Å². The molecule has 0 heterocycles. The van der Waals surface area contributed by atoms with Crippen LogP contribution < -0.4 is 10.1 Å². The maximum absolute atomic E-state index is 12.8. The molecule has 0 saturated carbocycles. The fourth-order valence-electron chi connectivity index (χ4n) is 2.85. The minimum atomic E-state index is -3.90. The lowest BCUT2D eigenvalue weighted by molar-refractivity contribution is -0.384. The summed E-state index contributed by atoms with van der Waals surface area (Å²) in [5, 5.41) is 13.4. The molecule has 3 rings (SSSR count). The van der Waals surface area contributed by atoms with E-state index >= 15 is 0 Å². The molecule has 0 aliphatic rings. The summed E-state index contributed by atoms with van der Waals surface area (Å²) in [6.07, 6.45) is 0. The van der Waals surface area contributed by atoms with Crippen molar-refractivity contribution in [3.05, 3.63) is 88.5 Å². The van der Waals surface area contributed by atoms with Gasteiger partial charge in [-0.3, -0.25) is 19.7 Å². The highest BCUT2D eigenvalue weighted by atomic mass is 32.2. The second-order valence-electron chi connectivity index (χ2n) is 7.31. The first-order valence-corrected chi connectivity index (χ1v) is 11.4. The van der Waals surface area contributed by atoms with Crippen LogP contribution in [0.1, 0.15) is 10.4 Å². The zero-order valence-corrected chi connectivity index (χ0v) is 19.1. The van der Waals surface area contributed by atoms with E-state index in [2.05, 4.69) is 5.32 Å². The Morgan fingerprint density at radius 3 is 2.06 bits per heavy atom. The van der Waals surface area contributed by atoms with Crippen molar-refractivity contribution in [3.63, 3.8) is 0 Å². The number of hydrogen-bond acceptors (Lipinski definition) is 7. The van der Waals surface area contributed by atoms with Crippen molar-refractivity contribution in [1.82, 2.24) is 4.90 Å². The van der Waals surface area contributed by atoms with Gasteiger partial charge in [-0.1, -0.05) is 12.1 Å². The summed E-state index contributed by atoms with van der Waals surface area (Å²) in [5.41, 5.74) is 0.329. The predicted molar refractivity (Wildman–Crippen MR) is 124 cm³/mol. The summed E-state index contributed by atoms with van der Waals surface area (Å²) in [5.74, 6) is -0.536. The van der Waals surface area contributed by atoms with Crippen molar-refractivity contribution in [2.24, 2.45) is 0 Å². The molecule has 3 aromatic rings. The lowest BCUT2D eigenvalue weighted by Gasteiger charge is -2.14. The van der Waals surface area contributed by atoms with Crippen molar-refractivity contribution >= 4 is 33.0 Å². The zero-order valence-electron chi connectivity index (χ0n) is 18.3. The molecule has 0 aliphatic carbocycles. The molecule has 0 aliphatic heterocycles. The maximum atomic E-state index is 12.8. The summed E-state index contributed by atoms with van der Waals surface area (Å²) in [6.45, 7) is -0.230. The Morgan fingerprint density at radius 2 is 1.50 bits per heavy atom. The third-order valence-electron chi connectivity index (χ3n) is 4.76. The molecular formula is C23H21N3O7S. The number of anilines is 1. The second-order valence-corrected chi connectivity index (χ2v) is 9.26. The van der Waals surface area contributed by atoms with Gasteiger partial charge in [-0.05, 0) is 48.5 Å². The molecule has 3 aromatic carbocycles. The van der Waals surface area contributed by atoms with Crippen molar-refractivity contribution in [3.8, 4) is 5.75 Å². The minimum Gasteiger partial charge on any atom is -0.483 e. The minimum absolute atomic E-state index is 0.0368. The van der Waals surface area contributed by atoms with Gasteiger partial charge in [0.05, 0.1) is 20.3 Å². The van der Waals surface area contributed by atoms with Gasteiger partial charge in [-0.25, -0.2) is 8.42 Å². The first-order chi connectivity index (χ1) is 16.1. The van der Waals surface area contributed by atoms with E-state index in [0.717, 1.165) is 12.1 Å². The summed E-state index contributed by atoms with van der Waals surface area (Å²) < 4.78 is 31.1. The first-order valence-electron chi connectivity index (χ1n) is 9.92. The lowest BCUT2D eigenvalue weighted by atomic mass is 10.2. The molecule has 0 atom stereocenters. The van der Waals surface area contributed by atoms with Gasteiger partial charge < -0.3 is 15.0 Å². The van der Waals surface area contributed by atoms with E-state index in [0.29, 0.717) is 5.69 Å². The molecule has 0 aromatic heterocycles. The van der Waals surface area contributed by atoms with Crippen LogP contribution in [0.2, 0.25) is 0 Å². The number of para-hydroxylation sites is 1. The monoisotopic (exact) mass is 483 g/mol. The maximum Gasteiger partial charge on any atom is 0.269 e. The molecule has 2 amide bonds. The number of likely N-dealkylation sites (N-methyl/N-ethyl adjacent to an activating group) is 1. The molecule has 0 saturated heterocycles. The molecule has 1 N–H and O–H groups in total. The molecule has 0 spiro atoms. The van der Waals surface area contributed by atoms with E-state index in [1.54, 1.807) is 32.3 Å². The largest absolute Gasteiger partial charge is 0.483 e. The molecule has 176 valence electrons. The number of nitrogens with zero attached hydrogens (tertiary/aromatic N) is 2. The SMILES string of the molecule is CN(C)C(=O)COc1ccccc1C(=O)Nc1ccc(S(=O)(=O)c2ccc([N+](=O)[O-])cc2)cc1. The molecule has 0 fully saturated rings. The molecule has 0 radical (unpaired) electrons. The van der Waals surface area contributed by atoms with Gasteiger partial charge in [0.2, 0.25) is 9.84 Å². The van der Waals surface area contributed by atoms with Gasteiger partial charge in [-0.2, -0.15) is 0 Å². The van der Waals surface area contributed by atoms with Crippen LogP contribution in [0.15, 0.2) is 82.6 Å². The average Bonchev–Trinajstić information content (AvgIpc) is 2.83. The van der Waals surface area contributed by atoms with Crippen molar-refractivity contribution in [2.75, 3.05) is 26.0 Å². The number of nitrogens with one attached hydrogen (secondary N) is 1. The molecule has 10 nitrogen and oxygen atoms in total. The number of non-ortho nitro benzene ring substituents is 1. The average molecular weight is 484 g/mol. The number of nitro benzene ring substituents is 1. The Kier molecular flexibility index (Phi) is 7.27. The van der Waals surface area contributed by atoms with Gasteiger partial charge in [0.25, 0.3) is 17.5 Å². The number of hydrogen-bond donors (Lipinski definition) is 1. The van der Waals surface area contributed by atoms with E-state index in [-0.39, 0.29) is 39.3 Å². The van der Waals surface area contributed by atoms with E-state index in [1.807, 2.05) is 0 Å². The smallest absolute Gasteiger partial charge is 0.269 e. The highest BCUT2D eigenvalue weighted by Gasteiger charge is 2.19. The van der Waals surface area contributed by atoms with Gasteiger partial charge in [0, 0.05) is 31.9 Å². The van der Waals surface area contributed by atoms with Gasteiger partial charge in [-0.15, -0.1) is 0 Å². The molecule has 0 bridgehead atoms. The van der Waals surface area contributed by atoms with Gasteiger partial charge in [0.15, 0.2) is 6.61 Å². The number of rotatable bonds is 8. The van der Waals surface area contributed by atoms with Crippen molar-refractivity contribution in [1.29, 1.82) is 0 Å². The quantitative estimate of drug-likeness (QED) is 0.384. The predicted octanol–water partition coefficient (Wildman–Crippen LogP) is 3.15. The van der Waals surface area contributed by atoms with E-state index in [9.17, 15) is 28.1 Å². The van der Waals surface area contributed by atoms with Crippen LogP contribution in [-0.2, 0) is 14.6 Å². The number of carbonyl (C=O) groups excluding carboxylic acids is 2. The standard InChI is InChI=1S/C23H21N3O7S/c1-25(2)22(27)15-33-21-6-4-3-5-20(21)23(28)24-16-7-11-18(12-8-16)34(31,32)19-13-9-17(10-14-19)26(29)30/h3-14H,15H2,1-2H3,(H,24,28). The third kappa shape index (κ3) is 5.56. The van der Waals surface area contributed by atoms with Crippen molar-refractivity contribution in [2.45, 2.75) is 9.79 Å². The van der Waals surface area contributed by atoms with Gasteiger partial charge in [0.1, 0.15) is 5.75 Å². The van der Waals surface area contributed by atoms with E-state index in [1.165, 1.54) is 47.4 Å². The summed E-state index contributed by atoms with van der Waals surface area (Å²) >= 11 is 0. The molecule has 34 heavy (non-hydrogen) atoms. The number of nitro groups is 1. The number of benzene rings is 3.